The Morgan fingerprint density at radius 3 is 2.85 bits per heavy atom. The maximum atomic E-state index is 12.2. The number of hydrogen-bond acceptors (Lipinski definition) is 5. The number of furan rings is 1. The Balaban J connectivity index is 1.30. The second-order valence-electron chi connectivity index (χ2n) is 7.81. The lowest BCUT2D eigenvalue weighted by Gasteiger charge is -2.22. The van der Waals surface area contributed by atoms with Gasteiger partial charge in [-0.05, 0) is 48.4 Å². The second kappa shape index (κ2) is 10.6. The van der Waals surface area contributed by atoms with Gasteiger partial charge >= 0.3 is 0 Å². The highest BCUT2D eigenvalue weighted by Gasteiger charge is 2.25. The van der Waals surface area contributed by atoms with Crippen molar-refractivity contribution in [1.82, 2.24) is 10.6 Å². The Labute approximate surface area is 193 Å². The Kier molecular flexibility index (Phi) is 7.14. The number of para-hydroxylation sites is 2. The van der Waals surface area contributed by atoms with Crippen LogP contribution in [0, 0.1) is 0 Å². The van der Waals surface area contributed by atoms with Gasteiger partial charge in [-0.1, -0.05) is 24.3 Å². The van der Waals surface area contributed by atoms with Crippen molar-refractivity contribution in [2.45, 2.75) is 19.0 Å². The molecule has 0 spiro atoms. The van der Waals surface area contributed by atoms with Crippen molar-refractivity contribution < 1.29 is 13.9 Å². The Morgan fingerprint density at radius 1 is 1.18 bits per heavy atom. The SMILES string of the molecule is CN=C(NCc1cccc(NC(=O)c2ccco2)c1)NC1CCN(c2ccccc2OC)C1. The van der Waals surface area contributed by atoms with Crippen LogP contribution in [-0.2, 0) is 6.54 Å². The normalized spacial score (nSPS) is 15.9. The van der Waals surface area contributed by atoms with Gasteiger partial charge in [0.05, 0.1) is 19.1 Å². The number of benzene rings is 2. The van der Waals surface area contributed by atoms with Crippen molar-refractivity contribution in [2.24, 2.45) is 4.99 Å². The molecule has 4 rings (SSSR count). The summed E-state index contributed by atoms with van der Waals surface area (Å²) in [5.41, 5.74) is 2.85. The number of methoxy groups -OCH3 is 1. The van der Waals surface area contributed by atoms with E-state index in [1.807, 2.05) is 42.5 Å². The molecule has 1 aliphatic rings. The number of carbonyl (C=O) groups is 1. The summed E-state index contributed by atoms with van der Waals surface area (Å²) in [5, 5.41) is 9.73. The lowest BCUT2D eigenvalue weighted by atomic mass is 10.2. The fourth-order valence-corrected chi connectivity index (χ4v) is 3.92. The van der Waals surface area contributed by atoms with E-state index >= 15 is 0 Å². The summed E-state index contributed by atoms with van der Waals surface area (Å²) in [4.78, 5) is 18.9. The molecule has 33 heavy (non-hydrogen) atoms. The van der Waals surface area contributed by atoms with E-state index in [1.165, 1.54) is 6.26 Å². The van der Waals surface area contributed by atoms with E-state index in [4.69, 9.17) is 9.15 Å². The predicted molar refractivity (Wildman–Crippen MR) is 130 cm³/mol. The number of nitrogens with zero attached hydrogens (tertiary/aromatic N) is 2. The van der Waals surface area contributed by atoms with Crippen LogP contribution in [0.3, 0.4) is 0 Å². The maximum Gasteiger partial charge on any atom is 0.291 e. The first-order chi connectivity index (χ1) is 16.2. The van der Waals surface area contributed by atoms with Crippen molar-refractivity contribution in [3.8, 4) is 5.75 Å². The number of carbonyl (C=O) groups excluding carboxylic acids is 1. The van der Waals surface area contributed by atoms with Gasteiger partial charge in [0.25, 0.3) is 5.91 Å². The second-order valence-corrected chi connectivity index (χ2v) is 7.81. The van der Waals surface area contributed by atoms with Crippen LogP contribution in [0.15, 0.2) is 76.3 Å². The van der Waals surface area contributed by atoms with E-state index in [0.29, 0.717) is 12.2 Å². The fourth-order valence-electron chi connectivity index (χ4n) is 3.92. The number of rotatable bonds is 7. The molecule has 2 heterocycles. The Morgan fingerprint density at radius 2 is 2.06 bits per heavy atom. The minimum absolute atomic E-state index is 0.275. The lowest BCUT2D eigenvalue weighted by molar-refractivity contribution is 0.0996. The molecule has 0 radical (unpaired) electrons. The molecule has 1 unspecified atom stereocenters. The van der Waals surface area contributed by atoms with Crippen molar-refractivity contribution >= 4 is 23.2 Å². The number of guanidine groups is 1. The largest absolute Gasteiger partial charge is 0.495 e. The van der Waals surface area contributed by atoms with Crippen LogP contribution >= 0.6 is 0 Å². The van der Waals surface area contributed by atoms with E-state index in [9.17, 15) is 4.79 Å². The number of amides is 1. The summed E-state index contributed by atoms with van der Waals surface area (Å²) in [6.45, 7) is 2.40. The first-order valence-corrected chi connectivity index (χ1v) is 10.9. The van der Waals surface area contributed by atoms with Crippen LogP contribution in [0.2, 0.25) is 0 Å². The molecule has 0 bridgehead atoms. The molecule has 1 aliphatic heterocycles. The molecule has 3 aromatic rings. The molecule has 1 saturated heterocycles. The summed E-state index contributed by atoms with van der Waals surface area (Å²) < 4.78 is 10.7. The average Bonchev–Trinajstić information content (AvgIpc) is 3.54. The third kappa shape index (κ3) is 5.65. The van der Waals surface area contributed by atoms with Crippen LogP contribution in [0.1, 0.15) is 22.5 Å². The monoisotopic (exact) mass is 447 g/mol. The zero-order valence-corrected chi connectivity index (χ0v) is 18.9. The highest BCUT2D eigenvalue weighted by molar-refractivity contribution is 6.02. The van der Waals surface area contributed by atoms with E-state index in [0.717, 1.165) is 42.5 Å². The first kappa shape index (κ1) is 22.3. The molecule has 3 N–H and O–H groups in total. The molecule has 1 aromatic heterocycles. The van der Waals surface area contributed by atoms with E-state index in [-0.39, 0.29) is 17.7 Å². The summed E-state index contributed by atoms with van der Waals surface area (Å²) >= 11 is 0. The Hall–Kier alpha value is -3.94. The average molecular weight is 448 g/mol. The van der Waals surface area contributed by atoms with Gasteiger partial charge in [0.1, 0.15) is 5.75 Å². The number of hydrogen-bond donors (Lipinski definition) is 3. The van der Waals surface area contributed by atoms with Crippen LogP contribution in [0.5, 0.6) is 5.75 Å². The minimum atomic E-state index is -0.275. The van der Waals surface area contributed by atoms with Gasteiger partial charge in [-0.25, -0.2) is 0 Å². The molecule has 8 nitrogen and oxygen atoms in total. The van der Waals surface area contributed by atoms with E-state index < -0.39 is 0 Å². The predicted octanol–water partition coefficient (Wildman–Crippen LogP) is 3.48. The van der Waals surface area contributed by atoms with Crippen molar-refractivity contribution in [3.63, 3.8) is 0 Å². The summed E-state index contributed by atoms with van der Waals surface area (Å²) in [6.07, 6.45) is 2.49. The van der Waals surface area contributed by atoms with Crippen LogP contribution in [-0.4, -0.2) is 45.2 Å². The molecule has 1 amide bonds. The number of anilines is 2. The third-order valence-electron chi connectivity index (χ3n) is 5.57. The van der Waals surface area contributed by atoms with Crippen molar-refractivity contribution in [2.75, 3.05) is 37.5 Å². The van der Waals surface area contributed by atoms with Gasteiger partial charge in [0.2, 0.25) is 0 Å². The minimum Gasteiger partial charge on any atom is -0.495 e. The Bertz CT molecular complexity index is 1100. The van der Waals surface area contributed by atoms with Gasteiger partial charge < -0.3 is 30.0 Å². The highest BCUT2D eigenvalue weighted by atomic mass is 16.5. The molecule has 0 saturated carbocycles. The summed E-state index contributed by atoms with van der Waals surface area (Å²) in [5.74, 6) is 1.64. The van der Waals surface area contributed by atoms with Crippen molar-refractivity contribution in [3.05, 3.63) is 78.3 Å². The van der Waals surface area contributed by atoms with Crippen LogP contribution in [0.25, 0.3) is 0 Å². The first-order valence-electron chi connectivity index (χ1n) is 10.9. The standard InChI is InChI=1S/C25H29N5O3/c1-26-25(29-20-12-13-30(17-20)21-9-3-4-10-22(21)32-2)27-16-18-7-5-8-19(15-18)28-24(31)23-11-6-14-33-23/h3-11,14-15,20H,12-13,16-17H2,1-2H3,(H,28,31)(H2,26,27,29). The van der Waals surface area contributed by atoms with E-state index in [2.05, 4.69) is 31.9 Å². The summed E-state index contributed by atoms with van der Waals surface area (Å²) in [6, 6.07) is 19.4. The van der Waals surface area contributed by atoms with Gasteiger partial charge in [0.15, 0.2) is 11.7 Å². The maximum absolute atomic E-state index is 12.2. The molecular formula is C25H29N5O3. The fraction of sp³-hybridized carbons (Fsp3) is 0.280. The van der Waals surface area contributed by atoms with E-state index in [1.54, 1.807) is 26.3 Å². The smallest absolute Gasteiger partial charge is 0.291 e. The van der Waals surface area contributed by atoms with Gasteiger partial charge in [-0.3, -0.25) is 9.79 Å². The van der Waals surface area contributed by atoms with Gasteiger partial charge in [-0.2, -0.15) is 0 Å². The molecule has 1 atom stereocenters. The van der Waals surface area contributed by atoms with Gasteiger partial charge in [-0.15, -0.1) is 0 Å². The summed E-state index contributed by atoms with van der Waals surface area (Å²) in [7, 11) is 3.47. The molecule has 0 aliphatic carbocycles. The quantitative estimate of drug-likeness (QED) is 0.379. The van der Waals surface area contributed by atoms with Crippen LogP contribution in [0.4, 0.5) is 11.4 Å². The van der Waals surface area contributed by atoms with Crippen LogP contribution < -0.4 is 25.6 Å². The topological polar surface area (TPSA) is 91.1 Å². The lowest BCUT2D eigenvalue weighted by Crippen LogP contribution is -2.44. The zero-order valence-electron chi connectivity index (χ0n) is 18.9. The highest BCUT2D eigenvalue weighted by Crippen LogP contribution is 2.30. The number of nitrogens with one attached hydrogen (secondary N) is 3. The zero-order chi connectivity index (χ0) is 23.0. The third-order valence-corrected chi connectivity index (χ3v) is 5.57. The molecular weight excluding hydrogens is 418 g/mol. The molecule has 8 heteroatoms. The number of ether oxygens (including phenoxy) is 1. The molecule has 1 fully saturated rings. The van der Waals surface area contributed by atoms with Crippen molar-refractivity contribution in [1.29, 1.82) is 0 Å². The molecule has 2 aromatic carbocycles. The van der Waals surface area contributed by atoms with Gasteiger partial charge in [0, 0.05) is 38.4 Å². The number of aliphatic imine (C=N–C) groups is 1. The molecule has 172 valence electrons.